The van der Waals surface area contributed by atoms with E-state index < -0.39 is 17.3 Å². The SMILES string of the molecule is O=C(O)c1c(F)c(Br)cc2c1OCCO2. The Balaban J connectivity index is 2.68. The fourth-order valence-electron chi connectivity index (χ4n) is 1.32. The molecule has 1 N–H and O–H groups in total. The van der Waals surface area contributed by atoms with Crippen molar-refractivity contribution in [2.24, 2.45) is 0 Å². The van der Waals surface area contributed by atoms with E-state index in [0.717, 1.165) is 0 Å². The Kier molecular flexibility index (Phi) is 2.52. The van der Waals surface area contributed by atoms with Crippen LogP contribution in [0.4, 0.5) is 4.39 Å². The van der Waals surface area contributed by atoms with Crippen LogP contribution in [0.5, 0.6) is 11.5 Å². The van der Waals surface area contributed by atoms with Crippen molar-refractivity contribution in [3.8, 4) is 11.5 Å². The van der Waals surface area contributed by atoms with Crippen molar-refractivity contribution in [3.63, 3.8) is 0 Å². The maximum atomic E-state index is 13.5. The number of hydrogen-bond acceptors (Lipinski definition) is 3. The third kappa shape index (κ3) is 1.65. The lowest BCUT2D eigenvalue weighted by Crippen LogP contribution is -2.19. The van der Waals surface area contributed by atoms with Gasteiger partial charge in [-0.3, -0.25) is 0 Å². The van der Waals surface area contributed by atoms with Gasteiger partial charge >= 0.3 is 5.97 Å². The molecule has 1 aliphatic heterocycles. The van der Waals surface area contributed by atoms with Crippen LogP contribution in [-0.2, 0) is 0 Å². The topological polar surface area (TPSA) is 55.8 Å². The van der Waals surface area contributed by atoms with Crippen LogP contribution in [0.2, 0.25) is 0 Å². The van der Waals surface area contributed by atoms with Crippen LogP contribution in [0.3, 0.4) is 0 Å². The van der Waals surface area contributed by atoms with Crippen molar-refractivity contribution in [1.82, 2.24) is 0 Å². The molecule has 15 heavy (non-hydrogen) atoms. The van der Waals surface area contributed by atoms with Gasteiger partial charge in [0.15, 0.2) is 17.3 Å². The van der Waals surface area contributed by atoms with Crippen molar-refractivity contribution in [3.05, 3.63) is 21.9 Å². The highest BCUT2D eigenvalue weighted by molar-refractivity contribution is 9.10. The molecule has 0 atom stereocenters. The summed E-state index contributed by atoms with van der Waals surface area (Å²) in [5.74, 6) is -2.04. The van der Waals surface area contributed by atoms with E-state index >= 15 is 0 Å². The average Bonchev–Trinajstić information content (AvgIpc) is 2.19. The van der Waals surface area contributed by atoms with E-state index in [4.69, 9.17) is 14.6 Å². The first-order chi connectivity index (χ1) is 7.11. The molecule has 4 nitrogen and oxygen atoms in total. The van der Waals surface area contributed by atoms with Crippen molar-refractivity contribution in [2.75, 3.05) is 13.2 Å². The number of aromatic carboxylic acids is 1. The largest absolute Gasteiger partial charge is 0.486 e. The molecule has 1 aliphatic rings. The molecule has 1 aromatic rings. The minimum absolute atomic E-state index is 0.0455. The van der Waals surface area contributed by atoms with Crippen LogP contribution in [0.25, 0.3) is 0 Å². The fourth-order valence-corrected chi connectivity index (χ4v) is 1.73. The van der Waals surface area contributed by atoms with Gasteiger partial charge in [-0.05, 0) is 15.9 Å². The first kappa shape index (κ1) is 10.2. The molecule has 0 aliphatic carbocycles. The third-order valence-corrected chi connectivity index (χ3v) is 2.52. The molecule has 0 spiro atoms. The molecule has 0 saturated carbocycles. The summed E-state index contributed by atoms with van der Waals surface area (Å²) in [6.45, 7) is 0.540. The summed E-state index contributed by atoms with van der Waals surface area (Å²) in [6.07, 6.45) is 0. The van der Waals surface area contributed by atoms with E-state index in [1.54, 1.807) is 0 Å². The quantitative estimate of drug-likeness (QED) is 0.853. The smallest absolute Gasteiger partial charge is 0.342 e. The highest BCUT2D eigenvalue weighted by Crippen LogP contribution is 2.39. The molecule has 0 radical (unpaired) electrons. The molecule has 0 aromatic heterocycles. The minimum Gasteiger partial charge on any atom is -0.486 e. The highest BCUT2D eigenvalue weighted by Gasteiger charge is 2.26. The Morgan fingerprint density at radius 3 is 2.80 bits per heavy atom. The van der Waals surface area contributed by atoms with Gasteiger partial charge in [0, 0.05) is 6.07 Å². The van der Waals surface area contributed by atoms with Gasteiger partial charge < -0.3 is 14.6 Å². The van der Waals surface area contributed by atoms with E-state index in [2.05, 4.69) is 15.9 Å². The molecule has 6 heteroatoms. The highest BCUT2D eigenvalue weighted by atomic mass is 79.9. The Hall–Kier alpha value is -1.30. The second kappa shape index (κ2) is 3.69. The van der Waals surface area contributed by atoms with E-state index in [0.29, 0.717) is 6.61 Å². The lowest BCUT2D eigenvalue weighted by Gasteiger charge is -2.20. The summed E-state index contributed by atoms with van der Waals surface area (Å²) in [6, 6.07) is 1.36. The van der Waals surface area contributed by atoms with Crippen molar-refractivity contribution in [1.29, 1.82) is 0 Å². The van der Waals surface area contributed by atoms with Gasteiger partial charge in [0.25, 0.3) is 0 Å². The Bertz CT molecular complexity index is 433. The molecule has 0 unspecified atom stereocenters. The first-order valence-electron chi connectivity index (χ1n) is 4.12. The van der Waals surface area contributed by atoms with Gasteiger partial charge in [0.2, 0.25) is 0 Å². The maximum Gasteiger partial charge on any atom is 0.342 e. The van der Waals surface area contributed by atoms with Gasteiger partial charge in [-0.25, -0.2) is 9.18 Å². The number of carboxylic acids is 1. The van der Waals surface area contributed by atoms with Gasteiger partial charge in [-0.1, -0.05) is 0 Å². The molecule has 80 valence electrons. The van der Waals surface area contributed by atoms with E-state index in [9.17, 15) is 9.18 Å². The number of benzene rings is 1. The second-order valence-corrected chi connectivity index (χ2v) is 3.73. The fraction of sp³-hybridized carbons (Fsp3) is 0.222. The maximum absolute atomic E-state index is 13.5. The Labute approximate surface area is 92.7 Å². The zero-order valence-corrected chi connectivity index (χ0v) is 9.01. The van der Waals surface area contributed by atoms with Crippen LogP contribution < -0.4 is 9.47 Å². The van der Waals surface area contributed by atoms with Gasteiger partial charge in [0.05, 0.1) is 4.47 Å². The van der Waals surface area contributed by atoms with Gasteiger partial charge in [0.1, 0.15) is 18.8 Å². The van der Waals surface area contributed by atoms with Crippen LogP contribution in [0.15, 0.2) is 10.5 Å². The van der Waals surface area contributed by atoms with Crippen LogP contribution in [0.1, 0.15) is 10.4 Å². The Morgan fingerprint density at radius 1 is 1.47 bits per heavy atom. The number of halogens is 2. The normalized spacial score (nSPS) is 13.7. The lowest BCUT2D eigenvalue weighted by atomic mass is 10.1. The Morgan fingerprint density at radius 2 is 2.13 bits per heavy atom. The van der Waals surface area contributed by atoms with E-state index in [1.807, 2.05) is 0 Å². The monoisotopic (exact) mass is 276 g/mol. The van der Waals surface area contributed by atoms with E-state index in [1.165, 1.54) is 6.07 Å². The van der Waals surface area contributed by atoms with Crippen LogP contribution in [0, 0.1) is 5.82 Å². The molecule has 1 heterocycles. The molecule has 0 saturated heterocycles. The zero-order valence-electron chi connectivity index (χ0n) is 7.42. The molecule has 0 fully saturated rings. The lowest BCUT2D eigenvalue weighted by molar-refractivity contribution is 0.0680. The molecular weight excluding hydrogens is 271 g/mol. The number of carbonyl (C=O) groups is 1. The van der Waals surface area contributed by atoms with Gasteiger partial charge in [-0.15, -0.1) is 0 Å². The first-order valence-corrected chi connectivity index (χ1v) is 4.91. The number of carboxylic acid groups (broad SMARTS) is 1. The van der Waals surface area contributed by atoms with Crippen LogP contribution in [-0.4, -0.2) is 24.3 Å². The molecule has 2 rings (SSSR count). The van der Waals surface area contributed by atoms with Crippen molar-refractivity contribution >= 4 is 21.9 Å². The summed E-state index contributed by atoms with van der Waals surface area (Å²) in [5.41, 5.74) is -0.501. The van der Waals surface area contributed by atoms with Crippen molar-refractivity contribution < 1.29 is 23.8 Å². The minimum atomic E-state index is -1.38. The number of rotatable bonds is 1. The second-order valence-electron chi connectivity index (χ2n) is 2.88. The molecular formula is C9H6BrFO4. The number of ether oxygens (including phenoxy) is 2. The average molecular weight is 277 g/mol. The standard InChI is InChI=1S/C9H6BrFO4/c10-4-3-5-8(15-2-1-14-5)6(7(4)11)9(12)13/h3H,1-2H2,(H,12,13). The summed E-state index contributed by atoms with van der Waals surface area (Å²) >= 11 is 2.92. The number of hydrogen-bond donors (Lipinski definition) is 1. The predicted molar refractivity (Wildman–Crippen MR) is 52.0 cm³/mol. The zero-order chi connectivity index (χ0) is 11.0. The van der Waals surface area contributed by atoms with E-state index in [-0.39, 0.29) is 22.6 Å². The molecule has 1 aromatic carbocycles. The van der Waals surface area contributed by atoms with Gasteiger partial charge in [-0.2, -0.15) is 0 Å². The van der Waals surface area contributed by atoms with Crippen LogP contribution >= 0.6 is 15.9 Å². The summed E-state index contributed by atoms with van der Waals surface area (Å²) in [4.78, 5) is 10.8. The number of fused-ring (bicyclic) bond motifs is 1. The third-order valence-electron chi connectivity index (χ3n) is 1.94. The summed E-state index contributed by atoms with van der Waals surface area (Å²) in [7, 11) is 0. The summed E-state index contributed by atoms with van der Waals surface area (Å²) < 4.78 is 23.8. The summed E-state index contributed by atoms with van der Waals surface area (Å²) in [5, 5.41) is 8.85. The molecule has 0 amide bonds. The molecule has 0 bridgehead atoms. The predicted octanol–water partition coefficient (Wildman–Crippen LogP) is 2.06. The van der Waals surface area contributed by atoms with Crippen molar-refractivity contribution in [2.45, 2.75) is 0 Å².